The number of H-pyrrole nitrogens is 1. The third-order valence-corrected chi connectivity index (χ3v) is 3.55. The van der Waals surface area contributed by atoms with Gasteiger partial charge in [0.05, 0.1) is 6.21 Å². The van der Waals surface area contributed by atoms with E-state index in [4.69, 9.17) is 12.2 Å². The van der Waals surface area contributed by atoms with Crippen LogP contribution in [0, 0.1) is 31.5 Å². The Balaban J connectivity index is 2.33. The van der Waals surface area contributed by atoms with E-state index in [1.807, 2.05) is 13.1 Å². The van der Waals surface area contributed by atoms with Gasteiger partial charge in [-0.15, -0.1) is 0 Å². The highest BCUT2D eigenvalue weighted by Crippen LogP contribution is 2.15. The Bertz CT molecular complexity index is 687. The van der Waals surface area contributed by atoms with Gasteiger partial charge in [0.15, 0.2) is 0 Å². The van der Waals surface area contributed by atoms with Gasteiger partial charge in [0.2, 0.25) is 4.77 Å². The summed E-state index contributed by atoms with van der Waals surface area (Å²) >= 11 is 5.14. The van der Waals surface area contributed by atoms with E-state index in [0.29, 0.717) is 10.7 Å². The normalized spacial score (nSPS) is 11.9. The molecule has 0 aliphatic heterocycles. The summed E-state index contributed by atoms with van der Waals surface area (Å²) < 4.78 is 4.46. The Labute approximate surface area is 124 Å². The molecule has 108 valence electrons. The van der Waals surface area contributed by atoms with Crippen molar-refractivity contribution >= 4 is 18.4 Å². The van der Waals surface area contributed by atoms with Crippen LogP contribution < -0.4 is 0 Å². The third-order valence-electron chi connectivity index (χ3n) is 3.29. The van der Waals surface area contributed by atoms with Gasteiger partial charge >= 0.3 is 0 Å². The summed E-state index contributed by atoms with van der Waals surface area (Å²) in [6, 6.07) is 2.15. The fourth-order valence-electron chi connectivity index (χ4n) is 2.23. The van der Waals surface area contributed by atoms with Crippen LogP contribution in [0.4, 0.5) is 0 Å². The molecule has 2 aromatic rings. The van der Waals surface area contributed by atoms with Crippen LogP contribution >= 0.6 is 12.2 Å². The summed E-state index contributed by atoms with van der Waals surface area (Å²) in [5, 5.41) is 11.2. The molecule has 0 fully saturated rings. The van der Waals surface area contributed by atoms with Crippen molar-refractivity contribution < 1.29 is 0 Å². The molecule has 0 aliphatic rings. The lowest BCUT2D eigenvalue weighted by Gasteiger charge is -2.11. The first-order valence-corrected chi connectivity index (χ1v) is 7.16. The molecule has 0 aromatic carbocycles. The molecule has 0 atom stereocenters. The second kappa shape index (κ2) is 5.75. The van der Waals surface area contributed by atoms with Crippen molar-refractivity contribution in [3.8, 4) is 0 Å². The number of rotatable bonds is 4. The monoisotopic (exact) mass is 291 g/mol. The van der Waals surface area contributed by atoms with Gasteiger partial charge in [0.25, 0.3) is 0 Å². The van der Waals surface area contributed by atoms with Crippen LogP contribution in [0.15, 0.2) is 11.2 Å². The first-order chi connectivity index (χ1) is 9.40. The van der Waals surface area contributed by atoms with E-state index < -0.39 is 0 Å². The highest BCUT2D eigenvalue weighted by atomic mass is 32.1. The number of hydrogen-bond acceptors (Lipinski definition) is 3. The maximum Gasteiger partial charge on any atom is 0.216 e. The minimum atomic E-state index is 0.509. The molecule has 0 radical (unpaired) electrons. The fourth-order valence-corrected chi connectivity index (χ4v) is 2.46. The molecule has 6 heteroatoms. The maximum absolute atomic E-state index is 5.14. The summed E-state index contributed by atoms with van der Waals surface area (Å²) in [6.07, 6.45) is 1.84. The average Bonchev–Trinajstić information content (AvgIpc) is 2.82. The minimum Gasteiger partial charge on any atom is -0.348 e. The van der Waals surface area contributed by atoms with E-state index >= 15 is 0 Å². The molecule has 0 spiro atoms. The van der Waals surface area contributed by atoms with Gasteiger partial charge < -0.3 is 4.57 Å². The van der Waals surface area contributed by atoms with Gasteiger partial charge in [0, 0.05) is 23.5 Å². The van der Waals surface area contributed by atoms with Gasteiger partial charge in [-0.3, -0.25) is 5.10 Å². The van der Waals surface area contributed by atoms with Crippen LogP contribution in [-0.2, 0) is 6.54 Å². The molecule has 0 unspecified atom stereocenters. The SMILES string of the molecule is Cc1cc(/C=N/n2c(C)n[nH]c2=S)c(C)n1CC(C)C. The molecule has 5 nitrogen and oxygen atoms in total. The first kappa shape index (κ1) is 14.7. The Morgan fingerprint density at radius 2 is 2.10 bits per heavy atom. The summed E-state index contributed by atoms with van der Waals surface area (Å²) in [7, 11) is 0. The largest absolute Gasteiger partial charge is 0.348 e. The van der Waals surface area contributed by atoms with E-state index in [0.717, 1.165) is 17.9 Å². The Hall–Kier alpha value is -1.69. The number of hydrogen-bond donors (Lipinski definition) is 1. The number of nitrogens with zero attached hydrogens (tertiary/aromatic N) is 4. The molecule has 0 aliphatic carbocycles. The zero-order valence-electron chi connectivity index (χ0n) is 12.6. The minimum absolute atomic E-state index is 0.509. The number of nitrogens with one attached hydrogen (secondary N) is 1. The van der Waals surface area contributed by atoms with Gasteiger partial charge in [-0.2, -0.15) is 14.9 Å². The van der Waals surface area contributed by atoms with Crippen molar-refractivity contribution in [1.82, 2.24) is 19.4 Å². The molecular weight excluding hydrogens is 270 g/mol. The standard InChI is InChI=1S/C14H21N5S/c1-9(2)8-18-10(3)6-13(11(18)4)7-15-19-12(5)16-17-14(19)20/h6-7,9H,8H2,1-5H3,(H,17,20)/b15-7+. The molecule has 2 aromatic heterocycles. The Kier molecular flexibility index (Phi) is 4.23. The third kappa shape index (κ3) is 2.90. The molecular formula is C14H21N5S. The highest BCUT2D eigenvalue weighted by molar-refractivity contribution is 7.71. The predicted molar refractivity (Wildman–Crippen MR) is 83.9 cm³/mol. The van der Waals surface area contributed by atoms with Crippen molar-refractivity contribution in [2.75, 3.05) is 0 Å². The molecule has 0 saturated heterocycles. The van der Waals surface area contributed by atoms with Gasteiger partial charge in [-0.25, -0.2) is 0 Å². The summed E-state index contributed by atoms with van der Waals surface area (Å²) in [4.78, 5) is 0. The van der Waals surface area contributed by atoms with Crippen LogP contribution in [0.3, 0.4) is 0 Å². The van der Waals surface area contributed by atoms with Crippen LogP contribution in [0.2, 0.25) is 0 Å². The second-order valence-corrected chi connectivity index (χ2v) is 5.85. The van der Waals surface area contributed by atoms with E-state index in [1.54, 1.807) is 4.68 Å². The topological polar surface area (TPSA) is 50.9 Å². The molecule has 0 amide bonds. The van der Waals surface area contributed by atoms with Gasteiger partial charge in [0.1, 0.15) is 5.82 Å². The predicted octanol–water partition coefficient (Wildman–Crippen LogP) is 3.21. The van der Waals surface area contributed by atoms with Gasteiger partial charge in [-0.05, 0) is 45.0 Å². The Morgan fingerprint density at radius 1 is 1.40 bits per heavy atom. The number of aromatic nitrogens is 4. The quantitative estimate of drug-likeness (QED) is 0.694. The number of aryl methyl sites for hydroxylation is 2. The van der Waals surface area contributed by atoms with E-state index in [2.05, 4.69) is 53.6 Å². The van der Waals surface area contributed by atoms with Crippen LogP contribution in [0.1, 0.15) is 36.6 Å². The summed E-state index contributed by atoms with van der Waals surface area (Å²) in [6.45, 7) is 11.6. The number of aromatic amines is 1. The molecule has 0 saturated carbocycles. The molecule has 20 heavy (non-hydrogen) atoms. The van der Waals surface area contributed by atoms with Crippen LogP contribution in [0.5, 0.6) is 0 Å². The zero-order valence-corrected chi connectivity index (χ0v) is 13.5. The lowest BCUT2D eigenvalue weighted by atomic mass is 10.2. The van der Waals surface area contributed by atoms with Crippen LogP contribution in [-0.4, -0.2) is 25.7 Å². The van der Waals surface area contributed by atoms with Crippen LogP contribution in [0.25, 0.3) is 0 Å². The molecule has 1 N–H and O–H groups in total. The summed E-state index contributed by atoms with van der Waals surface area (Å²) in [5.74, 6) is 1.37. The van der Waals surface area contributed by atoms with E-state index in [-0.39, 0.29) is 0 Å². The van der Waals surface area contributed by atoms with Crippen molar-refractivity contribution in [2.24, 2.45) is 11.0 Å². The first-order valence-electron chi connectivity index (χ1n) is 6.75. The second-order valence-electron chi connectivity index (χ2n) is 5.46. The van der Waals surface area contributed by atoms with E-state index in [9.17, 15) is 0 Å². The Morgan fingerprint density at radius 3 is 2.65 bits per heavy atom. The smallest absolute Gasteiger partial charge is 0.216 e. The van der Waals surface area contributed by atoms with Crippen molar-refractivity contribution in [3.05, 3.63) is 33.6 Å². The molecule has 2 heterocycles. The zero-order chi connectivity index (χ0) is 14.9. The average molecular weight is 291 g/mol. The van der Waals surface area contributed by atoms with E-state index in [1.165, 1.54) is 11.4 Å². The maximum atomic E-state index is 5.14. The van der Waals surface area contributed by atoms with Crippen molar-refractivity contribution in [3.63, 3.8) is 0 Å². The highest BCUT2D eigenvalue weighted by Gasteiger charge is 2.09. The van der Waals surface area contributed by atoms with Crippen molar-refractivity contribution in [2.45, 2.75) is 41.2 Å². The fraction of sp³-hybridized carbons (Fsp3) is 0.500. The molecule has 2 rings (SSSR count). The molecule has 0 bridgehead atoms. The lowest BCUT2D eigenvalue weighted by Crippen LogP contribution is -2.08. The lowest BCUT2D eigenvalue weighted by molar-refractivity contribution is 0.509. The van der Waals surface area contributed by atoms with Gasteiger partial charge in [-0.1, -0.05) is 13.8 Å². The van der Waals surface area contributed by atoms with Crippen molar-refractivity contribution in [1.29, 1.82) is 0 Å². The summed E-state index contributed by atoms with van der Waals surface area (Å²) in [5.41, 5.74) is 3.60.